The Kier molecular flexibility index (Phi) is 10.5. The lowest BCUT2D eigenvalue weighted by atomic mass is 9.96. The Balaban J connectivity index is 1.48. The van der Waals surface area contributed by atoms with Crippen LogP contribution in [-0.2, 0) is 14.6 Å². The molecule has 0 radical (unpaired) electrons. The Hall–Kier alpha value is -4.35. The summed E-state index contributed by atoms with van der Waals surface area (Å²) in [4.78, 5) is 23.7. The summed E-state index contributed by atoms with van der Waals surface area (Å²) >= 11 is 0.897. The molecule has 5 rings (SSSR count). The molecule has 1 aliphatic rings. The first kappa shape index (κ1) is 35.9. The quantitative estimate of drug-likeness (QED) is 0.0989. The molecular formula is C32H38F2N8O5S2. The van der Waals surface area contributed by atoms with Crippen molar-refractivity contribution in [1.82, 2.24) is 25.1 Å². The number of hydrogen-bond donors (Lipinski definition) is 2. The van der Waals surface area contributed by atoms with Gasteiger partial charge in [0.1, 0.15) is 5.82 Å². The number of piperidine rings is 1. The van der Waals surface area contributed by atoms with Gasteiger partial charge in [0.2, 0.25) is 11.6 Å². The van der Waals surface area contributed by atoms with Crippen LogP contribution in [0.5, 0.6) is 5.75 Å². The smallest absolute Gasteiger partial charge is 0.305 e. The van der Waals surface area contributed by atoms with Crippen molar-refractivity contribution in [2.75, 3.05) is 51.1 Å². The molecule has 0 aliphatic carbocycles. The number of aromatic amines is 1. The fraction of sp³-hybridized carbons (Fsp3) is 0.406. The minimum atomic E-state index is -4.44. The number of sulfone groups is 1. The molecule has 13 nitrogen and oxygen atoms in total. The molecule has 2 aromatic carbocycles. The highest BCUT2D eigenvalue weighted by molar-refractivity contribution is 7.99. The number of nitro groups is 1. The number of rotatable bonds is 12. The molecule has 1 saturated heterocycles. The van der Waals surface area contributed by atoms with Crippen LogP contribution >= 0.6 is 11.8 Å². The highest BCUT2D eigenvalue weighted by atomic mass is 32.2. The van der Waals surface area contributed by atoms with E-state index in [-0.39, 0.29) is 10.1 Å². The number of nitrogens with one attached hydrogen (secondary N) is 2. The molecule has 0 bridgehead atoms. The van der Waals surface area contributed by atoms with Gasteiger partial charge in [0.25, 0.3) is 0 Å². The van der Waals surface area contributed by atoms with Crippen molar-refractivity contribution in [2.24, 2.45) is 5.92 Å². The number of benzene rings is 2. The van der Waals surface area contributed by atoms with E-state index in [9.17, 15) is 18.5 Å². The minimum Gasteiger partial charge on any atom is -0.490 e. The summed E-state index contributed by atoms with van der Waals surface area (Å²) in [6, 6.07) is 8.46. The molecule has 17 heteroatoms. The van der Waals surface area contributed by atoms with Gasteiger partial charge in [-0.05, 0) is 83.6 Å². The van der Waals surface area contributed by atoms with Crippen LogP contribution in [0.3, 0.4) is 0 Å². The maximum atomic E-state index is 15.7. The van der Waals surface area contributed by atoms with E-state index < -0.39 is 47.3 Å². The van der Waals surface area contributed by atoms with Crippen molar-refractivity contribution < 1.29 is 26.9 Å². The zero-order valence-corrected chi connectivity index (χ0v) is 29.6. The summed E-state index contributed by atoms with van der Waals surface area (Å²) in [6.07, 6.45) is 1.88. The lowest BCUT2D eigenvalue weighted by Gasteiger charge is -2.34. The number of aromatic nitrogens is 4. The van der Waals surface area contributed by atoms with E-state index in [0.717, 1.165) is 62.1 Å². The maximum absolute atomic E-state index is 15.7. The van der Waals surface area contributed by atoms with Gasteiger partial charge in [0, 0.05) is 43.0 Å². The topological polar surface area (TPSA) is 159 Å². The molecule has 1 aliphatic heterocycles. The number of halogens is 2. The molecule has 0 spiro atoms. The Morgan fingerprint density at radius 3 is 2.47 bits per heavy atom. The molecule has 2 N–H and O–H groups in total. The second kappa shape index (κ2) is 14.2. The first-order chi connectivity index (χ1) is 23.1. The fourth-order valence-electron chi connectivity index (χ4n) is 5.79. The first-order valence-electron chi connectivity index (χ1n) is 15.4. The van der Waals surface area contributed by atoms with Crippen molar-refractivity contribution in [3.05, 3.63) is 75.5 Å². The highest BCUT2D eigenvalue weighted by Crippen LogP contribution is 2.42. The van der Waals surface area contributed by atoms with Crippen LogP contribution < -0.4 is 15.0 Å². The Morgan fingerprint density at radius 1 is 1.16 bits per heavy atom. The summed E-state index contributed by atoms with van der Waals surface area (Å²) in [5.74, 6) is 0.121. The third-order valence-corrected chi connectivity index (χ3v) is 11.8. The average molecular weight is 717 g/mol. The number of nitrogens with zero attached hydrogens (tertiary/aromatic N) is 6. The SMILES string of the molecule is COc1c(Nc2cc(C)[nH]n2)nc(Sc2ccc(S(=O)(=O)C(C)(C)c3cccc([N+](=O)[O-])c3F)cc2F)nc1N1CCC(CN(C)C)CC1. The summed E-state index contributed by atoms with van der Waals surface area (Å²) in [6.45, 7) is 6.71. The average Bonchev–Trinajstić information content (AvgIpc) is 3.45. The number of methoxy groups -OCH3 is 1. The zero-order chi connectivity index (χ0) is 35.7. The molecule has 0 atom stereocenters. The summed E-state index contributed by atoms with van der Waals surface area (Å²) in [5, 5.41) is 21.7. The molecule has 3 heterocycles. The molecule has 0 saturated carbocycles. The monoisotopic (exact) mass is 716 g/mol. The van der Waals surface area contributed by atoms with Crippen molar-refractivity contribution in [3.63, 3.8) is 0 Å². The number of anilines is 3. The lowest BCUT2D eigenvalue weighted by Crippen LogP contribution is -2.37. The van der Waals surface area contributed by atoms with Gasteiger partial charge < -0.3 is 19.9 Å². The van der Waals surface area contributed by atoms with Crippen molar-refractivity contribution in [2.45, 2.75) is 53.3 Å². The second-order valence-electron chi connectivity index (χ2n) is 12.6. The van der Waals surface area contributed by atoms with E-state index in [1.165, 1.54) is 45.2 Å². The standard InChI is InChI=1S/C32H38F2N8O5S2/c1-19-16-26(39-38-19)35-29-28(47-6)30(41-14-12-20(13-15-41)18-40(4)5)37-31(36-29)48-25-11-10-21(17-23(25)33)49(45,46)32(2,3)22-8-7-9-24(27(22)34)42(43)44/h7-11,16-17,20H,12-15,18H2,1-6H3,(H2,35,36,37,38,39). The van der Waals surface area contributed by atoms with Gasteiger partial charge in [0.15, 0.2) is 32.4 Å². The van der Waals surface area contributed by atoms with Crippen LogP contribution in [0.4, 0.5) is 31.9 Å². The predicted octanol–water partition coefficient (Wildman–Crippen LogP) is 6.08. The van der Waals surface area contributed by atoms with E-state index in [2.05, 4.69) is 44.4 Å². The van der Waals surface area contributed by atoms with Gasteiger partial charge >= 0.3 is 5.69 Å². The normalized spacial score (nSPS) is 14.3. The molecule has 1 fully saturated rings. The highest BCUT2D eigenvalue weighted by Gasteiger charge is 2.41. The van der Waals surface area contributed by atoms with Gasteiger partial charge in [-0.1, -0.05) is 12.1 Å². The number of hydrogen-bond acceptors (Lipinski definition) is 12. The summed E-state index contributed by atoms with van der Waals surface area (Å²) < 4.78 is 62.1. The predicted molar refractivity (Wildman–Crippen MR) is 182 cm³/mol. The van der Waals surface area contributed by atoms with Crippen molar-refractivity contribution >= 4 is 44.7 Å². The van der Waals surface area contributed by atoms with Gasteiger partial charge in [-0.25, -0.2) is 22.8 Å². The third kappa shape index (κ3) is 7.47. The Morgan fingerprint density at radius 2 is 1.88 bits per heavy atom. The maximum Gasteiger partial charge on any atom is 0.305 e. The molecule has 49 heavy (non-hydrogen) atoms. The third-order valence-electron chi connectivity index (χ3n) is 8.43. The summed E-state index contributed by atoms with van der Waals surface area (Å²) in [5.41, 5.74) is -0.439. The van der Waals surface area contributed by atoms with E-state index in [1.54, 1.807) is 6.07 Å². The van der Waals surface area contributed by atoms with Crippen LogP contribution in [0.25, 0.3) is 0 Å². The molecule has 4 aromatic rings. The van der Waals surface area contributed by atoms with Crippen molar-refractivity contribution in [3.8, 4) is 5.75 Å². The number of H-pyrrole nitrogens is 1. The van der Waals surface area contributed by atoms with Gasteiger partial charge in [-0.15, -0.1) is 0 Å². The van der Waals surface area contributed by atoms with E-state index >= 15 is 8.78 Å². The number of nitro benzene ring substituents is 1. The van der Waals surface area contributed by atoms with Gasteiger partial charge in [-0.3, -0.25) is 15.2 Å². The van der Waals surface area contributed by atoms with Crippen molar-refractivity contribution in [1.29, 1.82) is 0 Å². The van der Waals surface area contributed by atoms with Crippen LogP contribution in [0.1, 0.15) is 37.9 Å². The van der Waals surface area contributed by atoms with Crippen LogP contribution in [0, 0.1) is 34.6 Å². The Bertz CT molecular complexity index is 1960. The van der Waals surface area contributed by atoms with Crippen LogP contribution in [0.2, 0.25) is 0 Å². The van der Waals surface area contributed by atoms with Crippen LogP contribution in [0.15, 0.2) is 57.4 Å². The number of aryl methyl sites for hydroxylation is 1. The summed E-state index contributed by atoms with van der Waals surface area (Å²) in [7, 11) is 1.19. The fourth-order valence-corrected chi connectivity index (χ4v) is 8.09. The largest absolute Gasteiger partial charge is 0.490 e. The van der Waals surface area contributed by atoms with E-state index in [4.69, 9.17) is 9.72 Å². The van der Waals surface area contributed by atoms with Gasteiger partial charge in [0.05, 0.1) is 26.6 Å². The lowest BCUT2D eigenvalue weighted by molar-refractivity contribution is -0.387. The number of ether oxygens (including phenoxy) is 1. The molecule has 2 aromatic heterocycles. The molecular weight excluding hydrogens is 679 g/mol. The molecule has 262 valence electrons. The Labute approximate surface area is 287 Å². The van der Waals surface area contributed by atoms with E-state index in [1.807, 2.05) is 6.92 Å². The van der Waals surface area contributed by atoms with Gasteiger partial charge in [-0.2, -0.15) is 9.49 Å². The second-order valence-corrected chi connectivity index (χ2v) is 16.1. The van der Waals surface area contributed by atoms with E-state index in [0.29, 0.717) is 29.1 Å². The zero-order valence-electron chi connectivity index (χ0n) is 28.0. The minimum absolute atomic E-state index is 0.0423. The van der Waals surface area contributed by atoms with Crippen LogP contribution in [-0.4, -0.2) is 79.2 Å². The first-order valence-corrected chi connectivity index (χ1v) is 17.7. The molecule has 0 amide bonds. The molecule has 0 unspecified atom stereocenters.